The Balaban J connectivity index is 1.75. The molecule has 4 rings (SSSR count). The molecule has 6 nitrogen and oxygen atoms in total. The molecule has 0 unspecified atom stereocenters. The molecule has 0 fully saturated rings. The molecule has 4 aromatic rings. The van der Waals surface area contributed by atoms with Crippen molar-refractivity contribution < 1.29 is 0 Å². The van der Waals surface area contributed by atoms with Crippen molar-refractivity contribution in [2.24, 2.45) is 12.8 Å². The van der Waals surface area contributed by atoms with Gasteiger partial charge in [-0.2, -0.15) is 0 Å². The lowest BCUT2D eigenvalue weighted by Gasteiger charge is -2.01. The van der Waals surface area contributed by atoms with Gasteiger partial charge in [0, 0.05) is 12.6 Å². The second-order valence-corrected chi connectivity index (χ2v) is 6.11. The van der Waals surface area contributed by atoms with Gasteiger partial charge < -0.3 is 15.3 Å². The zero-order valence-corrected chi connectivity index (χ0v) is 13.7. The van der Waals surface area contributed by atoms with Crippen LogP contribution in [0.5, 0.6) is 0 Å². The molecule has 0 bridgehead atoms. The van der Waals surface area contributed by atoms with Gasteiger partial charge in [0.05, 0.1) is 33.5 Å². The first kappa shape index (κ1) is 14.7. The van der Waals surface area contributed by atoms with Crippen LogP contribution in [0.4, 0.5) is 0 Å². The van der Waals surface area contributed by atoms with Gasteiger partial charge in [-0.05, 0) is 30.3 Å². The predicted molar refractivity (Wildman–Crippen MR) is 95.6 cm³/mol. The van der Waals surface area contributed by atoms with Gasteiger partial charge in [-0.3, -0.25) is 5.41 Å². The number of H-pyrrole nitrogens is 1. The number of aromatic amines is 1. The fourth-order valence-corrected chi connectivity index (χ4v) is 3.18. The molecular weight excluding hydrogens is 324 g/mol. The summed E-state index contributed by atoms with van der Waals surface area (Å²) in [5, 5.41) is 8.21. The number of imidazole rings is 2. The second-order valence-electron chi connectivity index (χ2n) is 5.70. The molecule has 0 aliphatic heterocycles. The number of nitrogens with two attached hydrogens (primary N) is 1. The van der Waals surface area contributed by atoms with E-state index in [-0.39, 0.29) is 5.84 Å². The number of nitrogens with one attached hydrogen (secondary N) is 2. The van der Waals surface area contributed by atoms with Crippen molar-refractivity contribution in [2.75, 3.05) is 0 Å². The molecule has 0 aliphatic rings. The number of benzene rings is 2. The number of halogens is 1. The van der Waals surface area contributed by atoms with Crippen LogP contribution in [0.3, 0.4) is 0 Å². The standard InChI is InChI=1S/C17H15ClN6/c1-24-15(23-12-4-2-3-10(18)16(12)24)8-14-21-11-6-5-9(17(19)20)7-13(11)22-14/h2-7H,8H2,1H3,(H3,19,20)(H,21,22). The summed E-state index contributed by atoms with van der Waals surface area (Å²) in [6.45, 7) is 0. The van der Waals surface area contributed by atoms with E-state index in [1.54, 1.807) is 0 Å². The largest absolute Gasteiger partial charge is 0.384 e. The molecular formula is C17H15ClN6. The zero-order valence-electron chi connectivity index (χ0n) is 13.0. The number of nitrogens with zero attached hydrogens (tertiary/aromatic N) is 3. The molecule has 0 saturated carbocycles. The quantitative estimate of drug-likeness (QED) is 0.396. The van der Waals surface area contributed by atoms with E-state index in [0.717, 1.165) is 33.7 Å². The molecule has 2 aromatic heterocycles. The summed E-state index contributed by atoms with van der Waals surface area (Å²) in [5.41, 5.74) is 9.68. The molecule has 120 valence electrons. The molecule has 0 amide bonds. The number of para-hydroxylation sites is 1. The van der Waals surface area contributed by atoms with Crippen molar-refractivity contribution in [2.45, 2.75) is 6.42 Å². The van der Waals surface area contributed by atoms with E-state index in [1.165, 1.54) is 0 Å². The van der Waals surface area contributed by atoms with Gasteiger partial charge in [-0.1, -0.05) is 17.7 Å². The van der Waals surface area contributed by atoms with Crippen LogP contribution in [0.1, 0.15) is 17.2 Å². The Bertz CT molecular complexity index is 1090. The van der Waals surface area contributed by atoms with Crippen molar-refractivity contribution >= 4 is 39.5 Å². The zero-order chi connectivity index (χ0) is 16.8. The summed E-state index contributed by atoms with van der Waals surface area (Å²) in [7, 11) is 1.95. The maximum atomic E-state index is 7.52. The lowest BCUT2D eigenvalue weighted by molar-refractivity contribution is 0.824. The molecule has 4 N–H and O–H groups in total. The van der Waals surface area contributed by atoms with Crippen molar-refractivity contribution in [3.8, 4) is 0 Å². The van der Waals surface area contributed by atoms with Crippen LogP contribution in [0.2, 0.25) is 5.02 Å². The monoisotopic (exact) mass is 338 g/mol. The minimum Gasteiger partial charge on any atom is -0.384 e. The minimum absolute atomic E-state index is 0.0337. The Morgan fingerprint density at radius 2 is 2.08 bits per heavy atom. The van der Waals surface area contributed by atoms with E-state index < -0.39 is 0 Å². The van der Waals surface area contributed by atoms with E-state index in [4.69, 9.17) is 22.7 Å². The van der Waals surface area contributed by atoms with Gasteiger partial charge in [-0.25, -0.2) is 9.97 Å². The average Bonchev–Trinajstić information content (AvgIpc) is 3.08. The van der Waals surface area contributed by atoms with Gasteiger partial charge >= 0.3 is 0 Å². The molecule has 0 aliphatic carbocycles. The number of hydrogen-bond acceptors (Lipinski definition) is 3. The first-order chi connectivity index (χ1) is 11.5. The van der Waals surface area contributed by atoms with Gasteiger partial charge in [0.2, 0.25) is 0 Å². The number of hydrogen-bond donors (Lipinski definition) is 3. The summed E-state index contributed by atoms with van der Waals surface area (Å²) in [6, 6.07) is 11.2. The normalized spacial score (nSPS) is 11.4. The lowest BCUT2D eigenvalue weighted by atomic mass is 10.2. The summed E-state index contributed by atoms with van der Waals surface area (Å²) in [4.78, 5) is 12.5. The SMILES string of the molecule is Cn1c(Cc2nc3cc(C(=N)N)ccc3[nH]2)nc2cccc(Cl)c21. The molecule has 7 heteroatoms. The molecule has 24 heavy (non-hydrogen) atoms. The highest BCUT2D eigenvalue weighted by atomic mass is 35.5. The smallest absolute Gasteiger partial charge is 0.122 e. The van der Waals surface area contributed by atoms with Gasteiger partial charge in [0.1, 0.15) is 17.5 Å². The van der Waals surface area contributed by atoms with Crippen molar-refractivity contribution in [3.05, 3.63) is 58.6 Å². The number of amidine groups is 1. The van der Waals surface area contributed by atoms with Crippen LogP contribution in [0.25, 0.3) is 22.1 Å². The Hall–Kier alpha value is -2.86. The molecule has 0 radical (unpaired) electrons. The third kappa shape index (κ3) is 2.32. The summed E-state index contributed by atoms with van der Waals surface area (Å²) < 4.78 is 1.99. The van der Waals surface area contributed by atoms with Crippen LogP contribution in [-0.4, -0.2) is 25.4 Å². The predicted octanol–water partition coefficient (Wildman–Crippen LogP) is 2.98. The maximum Gasteiger partial charge on any atom is 0.122 e. The molecule has 2 aromatic carbocycles. The third-order valence-corrected chi connectivity index (χ3v) is 4.41. The van der Waals surface area contributed by atoms with E-state index in [9.17, 15) is 0 Å². The van der Waals surface area contributed by atoms with Gasteiger partial charge in [0.25, 0.3) is 0 Å². The van der Waals surface area contributed by atoms with Crippen LogP contribution in [-0.2, 0) is 13.5 Å². The Labute approximate surface area is 142 Å². The van der Waals surface area contributed by atoms with Crippen LogP contribution in [0.15, 0.2) is 36.4 Å². The van der Waals surface area contributed by atoms with E-state index in [2.05, 4.69) is 15.0 Å². The number of aromatic nitrogens is 4. The lowest BCUT2D eigenvalue weighted by Crippen LogP contribution is -2.10. The van der Waals surface area contributed by atoms with Crippen LogP contribution in [0, 0.1) is 5.41 Å². The van der Waals surface area contributed by atoms with E-state index in [0.29, 0.717) is 17.0 Å². The number of fused-ring (bicyclic) bond motifs is 2. The van der Waals surface area contributed by atoms with E-state index in [1.807, 2.05) is 48.0 Å². The Kier molecular flexibility index (Phi) is 3.28. The summed E-state index contributed by atoms with van der Waals surface area (Å²) in [5.74, 6) is 1.72. The first-order valence-electron chi connectivity index (χ1n) is 7.46. The van der Waals surface area contributed by atoms with Crippen molar-refractivity contribution in [3.63, 3.8) is 0 Å². The highest BCUT2D eigenvalue weighted by Crippen LogP contribution is 2.24. The minimum atomic E-state index is 0.0337. The Morgan fingerprint density at radius 1 is 1.25 bits per heavy atom. The van der Waals surface area contributed by atoms with Crippen LogP contribution < -0.4 is 5.73 Å². The Morgan fingerprint density at radius 3 is 2.83 bits per heavy atom. The highest BCUT2D eigenvalue weighted by Gasteiger charge is 2.13. The highest BCUT2D eigenvalue weighted by molar-refractivity contribution is 6.35. The number of rotatable bonds is 3. The molecule has 2 heterocycles. The molecule has 0 saturated heterocycles. The summed E-state index contributed by atoms with van der Waals surface area (Å²) in [6.07, 6.45) is 0.561. The first-order valence-corrected chi connectivity index (χ1v) is 7.83. The summed E-state index contributed by atoms with van der Waals surface area (Å²) >= 11 is 6.27. The number of nitrogen functional groups attached to an aromatic ring is 1. The van der Waals surface area contributed by atoms with Crippen LogP contribution >= 0.6 is 11.6 Å². The van der Waals surface area contributed by atoms with Gasteiger partial charge in [-0.15, -0.1) is 0 Å². The van der Waals surface area contributed by atoms with E-state index >= 15 is 0 Å². The average molecular weight is 339 g/mol. The van der Waals surface area contributed by atoms with Crippen molar-refractivity contribution in [1.82, 2.24) is 19.5 Å². The third-order valence-electron chi connectivity index (χ3n) is 4.11. The number of aryl methyl sites for hydroxylation is 1. The fraction of sp³-hybridized carbons (Fsp3) is 0.118. The molecule has 0 spiro atoms. The van der Waals surface area contributed by atoms with Gasteiger partial charge in [0.15, 0.2) is 0 Å². The van der Waals surface area contributed by atoms with Crippen molar-refractivity contribution in [1.29, 1.82) is 5.41 Å². The second kappa shape index (κ2) is 5.35. The maximum absolute atomic E-state index is 7.52. The fourth-order valence-electron chi connectivity index (χ4n) is 2.89. The topological polar surface area (TPSA) is 96.4 Å². The molecule has 0 atom stereocenters.